The van der Waals surface area contributed by atoms with Crippen LogP contribution in [-0.4, -0.2) is 34.4 Å². The Balaban J connectivity index is 1.84. The molecule has 4 aromatic rings. The molecule has 0 radical (unpaired) electrons. The van der Waals surface area contributed by atoms with Crippen molar-refractivity contribution in [1.29, 1.82) is 0 Å². The Morgan fingerprint density at radius 3 is 2.50 bits per heavy atom. The van der Waals surface area contributed by atoms with Crippen LogP contribution < -0.4 is 9.64 Å². The number of ether oxygens (including phenoxy) is 1. The van der Waals surface area contributed by atoms with Crippen LogP contribution in [-0.2, 0) is 0 Å². The molecule has 0 aliphatic carbocycles. The third kappa shape index (κ3) is 3.18. The van der Waals surface area contributed by atoms with Gasteiger partial charge in [-0.2, -0.15) is 0 Å². The van der Waals surface area contributed by atoms with Gasteiger partial charge in [-0.25, -0.2) is 9.97 Å². The van der Waals surface area contributed by atoms with Crippen LogP contribution in [0.25, 0.3) is 17.0 Å². The number of aromatic nitrogens is 3. The van der Waals surface area contributed by atoms with Crippen LogP contribution in [0.5, 0.6) is 5.75 Å². The third-order valence-corrected chi connectivity index (χ3v) is 4.74. The highest BCUT2D eigenvalue weighted by molar-refractivity contribution is 6.30. The van der Waals surface area contributed by atoms with Gasteiger partial charge in [0, 0.05) is 35.7 Å². The molecule has 0 fully saturated rings. The number of carbonyl (C=O) groups excluding carboxylic acids is 1. The van der Waals surface area contributed by atoms with Crippen LogP contribution in [0.2, 0.25) is 5.02 Å². The van der Waals surface area contributed by atoms with Crippen molar-refractivity contribution < 1.29 is 9.53 Å². The van der Waals surface area contributed by atoms with E-state index in [1.807, 2.05) is 24.3 Å². The number of benzene rings is 2. The molecule has 4 rings (SSSR count). The highest BCUT2D eigenvalue weighted by atomic mass is 35.5. The molecule has 7 heteroatoms. The lowest BCUT2D eigenvalue weighted by atomic mass is 10.1. The Bertz CT molecular complexity index is 1140. The first-order valence-corrected chi connectivity index (χ1v) is 8.97. The minimum absolute atomic E-state index is 0.200. The topological polar surface area (TPSA) is 59.7 Å². The van der Waals surface area contributed by atoms with E-state index >= 15 is 0 Å². The van der Waals surface area contributed by atoms with Crippen molar-refractivity contribution in [3.63, 3.8) is 0 Å². The molecule has 0 aliphatic rings. The van der Waals surface area contributed by atoms with Gasteiger partial charge in [0.25, 0.3) is 5.91 Å². The van der Waals surface area contributed by atoms with Crippen molar-refractivity contribution >= 4 is 29.0 Å². The van der Waals surface area contributed by atoms with E-state index in [0.717, 1.165) is 17.0 Å². The Morgan fingerprint density at radius 2 is 1.82 bits per heavy atom. The number of amides is 1. The molecule has 2 aromatic heterocycles. The number of rotatable bonds is 4. The van der Waals surface area contributed by atoms with E-state index in [2.05, 4.69) is 9.97 Å². The normalized spacial score (nSPS) is 10.8. The summed E-state index contributed by atoms with van der Waals surface area (Å²) < 4.78 is 6.93. The number of nitrogens with zero attached hydrogens (tertiary/aromatic N) is 4. The average molecular weight is 393 g/mol. The Hall–Kier alpha value is -3.38. The summed E-state index contributed by atoms with van der Waals surface area (Å²) in [6, 6.07) is 16.3. The largest absolute Gasteiger partial charge is 0.497 e. The number of methoxy groups -OCH3 is 1. The first kappa shape index (κ1) is 18.0. The molecular weight excluding hydrogens is 376 g/mol. The second kappa shape index (κ2) is 7.32. The van der Waals surface area contributed by atoms with Gasteiger partial charge in [0.15, 0.2) is 0 Å². The first-order valence-electron chi connectivity index (χ1n) is 8.59. The summed E-state index contributed by atoms with van der Waals surface area (Å²) in [5.41, 5.74) is 2.53. The standard InChI is InChI=1S/C21H17ClN4O2/c1-25(16-8-6-15(22)7-9-16)20(27)19-18(14-4-10-17(28-2)11-5-14)24-21-23-12-3-13-26(19)21/h3-13H,1-2H3. The Kier molecular flexibility index (Phi) is 4.71. The van der Waals surface area contributed by atoms with Crippen molar-refractivity contribution in [1.82, 2.24) is 14.4 Å². The van der Waals surface area contributed by atoms with Crippen LogP contribution in [0.15, 0.2) is 67.0 Å². The van der Waals surface area contributed by atoms with E-state index in [-0.39, 0.29) is 5.91 Å². The molecule has 0 saturated carbocycles. The predicted molar refractivity (Wildman–Crippen MR) is 109 cm³/mol. The second-order valence-corrected chi connectivity index (χ2v) is 6.60. The van der Waals surface area contributed by atoms with Crippen molar-refractivity contribution in [2.24, 2.45) is 0 Å². The van der Waals surface area contributed by atoms with E-state index < -0.39 is 0 Å². The highest BCUT2D eigenvalue weighted by Crippen LogP contribution is 2.28. The molecule has 0 unspecified atom stereocenters. The molecule has 28 heavy (non-hydrogen) atoms. The molecule has 0 aliphatic heterocycles. The maximum Gasteiger partial charge on any atom is 0.277 e. The van der Waals surface area contributed by atoms with Crippen LogP contribution in [0.4, 0.5) is 5.69 Å². The zero-order chi connectivity index (χ0) is 19.7. The molecule has 140 valence electrons. The number of hydrogen-bond donors (Lipinski definition) is 0. The van der Waals surface area contributed by atoms with Crippen LogP contribution >= 0.6 is 11.6 Å². The van der Waals surface area contributed by atoms with Crippen LogP contribution in [0.1, 0.15) is 10.5 Å². The number of imidazole rings is 1. The van der Waals surface area contributed by atoms with Gasteiger partial charge in [0.1, 0.15) is 17.1 Å². The van der Waals surface area contributed by atoms with Gasteiger partial charge in [-0.15, -0.1) is 0 Å². The number of carbonyl (C=O) groups is 1. The summed E-state index contributed by atoms with van der Waals surface area (Å²) in [6.45, 7) is 0. The molecule has 6 nitrogen and oxygen atoms in total. The molecule has 0 spiro atoms. The summed E-state index contributed by atoms with van der Waals surface area (Å²) in [7, 11) is 3.33. The highest BCUT2D eigenvalue weighted by Gasteiger charge is 2.24. The van der Waals surface area contributed by atoms with Gasteiger partial charge >= 0.3 is 0 Å². The number of hydrogen-bond acceptors (Lipinski definition) is 4. The third-order valence-electron chi connectivity index (χ3n) is 4.49. The molecule has 0 saturated heterocycles. The molecule has 2 heterocycles. The predicted octanol–water partition coefficient (Wildman–Crippen LogP) is 4.33. The van der Waals surface area contributed by atoms with Gasteiger partial charge in [-0.1, -0.05) is 11.6 Å². The molecular formula is C21H17ClN4O2. The SMILES string of the molecule is COc1ccc(-c2nc3ncccn3c2C(=O)N(C)c2ccc(Cl)cc2)cc1. The van der Waals surface area contributed by atoms with E-state index in [4.69, 9.17) is 16.3 Å². The molecule has 0 N–H and O–H groups in total. The van der Waals surface area contributed by atoms with Gasteiger partial charge in [-0.3, -0.25) is 9.20 Å². The number of halogens is 1. The lowest BCUT2D eigenvalue weighted by molar-refractivity contribution is 0.0988. The summed E-state index contributed by atoms with van der Waals surface area (Å²) >= 11 is 5.97. The lowest BCUT2D eigenvalue weighted by Gasteiger charge is -2.18. The van der Waals surface area contributed by atoms with Crippen LogP contribution in [0, 0.1) is 0 Å². The number of fused-ring (bicyclic) bond motifs is 1. The van der Waals surface area contributed by atoms with E-state index in [0.29, 0.717) is 22.2 Å². The zero-order valence-electron chi connectivity index (χ0n) is 15.3. The summed E-state index contributed by atoms with van der Waals surface area (Å²) in [6.07, 6.45) is 3.43. The summed E-state index contributed by atoms with van der Waals surface area (Å²) in [5, 5.41) is 0.613. The fourth-order valence-electron chi connectivity index (χ4n) is 2.98. The van der Waals surface area contributed by atoms with Crippen molar-refractivity contribution in [3.8, 4) is 17.0 Å². The second-order valence-electron chi connectivity index (χ2n) is 6.17. The first-order chi connectivity index (χ1) is 13.6. The molecule has 2 aromatic carbocycles. The Morgan fingerprint density at radius 1 is 1.11 bits per heavy atom. The fraction of sp³-hybridized carbons (Fsp3) is 0.0952. The summed E-state index contributed by atoms with van der Waals surface area (Å²) in [5.74, 6) is 0.992. The molecule has 0 atom stereocenters. The summed E-state index contributed by atoms with van der Waals surface area (Å²) in [4.78, 5) is 23.9. The molecule has 1 amide bonds. The molecule has 0 bridgehead atoms. The fourth-order valence-corrected chi connectivity index (χ4v) is 3.11. The van der Waals surface area contributed by atoms with Gasteiger partial charge < -0.3 is 9.64 Å². The maximum absolute atomic E-state index is 13.4. The van der Waals surface area contributed by atoms with Crippen molar-refractivity contribution in [3.05, 3.63) is 77.7 Å². The van der Waals surface area contributed by atoms with E-state index in [9.17, 15) is 4.79 Å². The maximum atomic E-state index is 13.4. The van der Waals surface area contributed by atoms with Crippen molar-refractivity contribution in [2.75, 3.05) is 19.1 Å². The minimum Gasteiger partial charge on any atom is -0.497 e. The van der Waals surface area contributed by atoms with Gasteiger partial charge in [0.05, 0.1) is 7.11 Å². The quantitative estimate of drug-likeness (QED) is 0.518. The van der Waals surface area contributed by atoms with E-state index in [1.54, 1.807) is 66.2 Å². The van der Waals surface area contributed by atoms with Gasteiger partial charge in [-0.05, 0) is 54.6 Å². The lowest BCUT2D eigenvalue weighted by Crippen LogP contribution is -2.28. The zero-order valence-corrected chi connectivity index (χ0v) is 16.1. The minimum atomic E-state index is -0.200. The van der Waals surface area contributed by atoms with E-state index in [1.165, 1.54) is 0 Å². The Labute approximate surface area is 167 Å². The average Bonchev–Trinajstić information content (AvgIpc) is 3.13. The van der Waals surface area contributed by atoms with Crippen molar-refractivity contribution in [2.45, 2.75) is 0 Å². The van der Waals surface area contributed by atoms with Crippen LogP contribution in [0.3, 0.4) is 0 Å². The number of anilines is 1. The van der Waals surface area contributed by atoms with Gasteiger partial charge in [0.2, 0.25) is 5.78 Å². The smallest absolute Gasteiger partial charge is 0.277 e. The monoisotopic (exact) mass is 392 g/mol.